The normalized spacial score (nSPS) is 15.9. The molecule has 1 aliphatic carbocycles. The molecule has 0 aromatic carbocycles. The Balaban J connectivity index is 1.77. The monoisotopic (exact) mass is 292 g/mol. The molecule has 1 fully saturated rings. The molecule has 5 heteroatoms. The van der Waals surface area contributed by atoms with Crippen molar-refractivity contribution in [2.75, 3.05) is 30.3 Å². The molecule has 0 spiro atoms. The molecule has 0 radical (unpaired) electrons. The fraction of sp³-hybridized carbons (Fsp3) is 0.750. The van der Waals surface area contributed by atoms with Crippen molar-refractivity contribution in [3.63, 3.8) is 0 Å². The largest absolute Gasteiger partial charge is 0.376 e. The van der Waals surface area contributed by atoms with Crippen LogP contribution < -0.4 is 10.6 Å². The topological polar surface area (TPSA) is 59.1 Å². The van der Waals surface area contributed by atoms with E-state index in [9.17, 15) is 0 Å². The Labute approximate surface area is 127 Å². The van der Waals surface area contributed by atoms with Crippen molar-refractivity contribution in [3.05, 3.63) is 11.9 Å². The van der Waals surface area contributed by atoms with Gasteiger partial charge in [-0.15, -0.1) is 0 Å². The number of anilines is 2. The Hall–Kier alpha value is -1.36. The molecule has 0 bridgehead atoms. The van der Waals surface area contributed by atoms with Crippen molar-refractivity contribution in [2.45, 2.75) is 58.5 Å². The van der Waals surface area contributed by atoms with E-state index >= 15 is 0 Å². The Bertz CT molecular complexity index is 419. The average Bonchev–Trinajstić information content (AvgIpc) is 2.53. The zero-order chi connectivity index (χ0) is 14.9. The molecule has 2 N–H and O–H groups in total. The number of rotatable bonds is 8. The van der Waals surface area contributed by atoms with Crippen LogP contribution in [-0.2, 0) is 11.2 Å². The zero-order valence-corrected chi connectivity index (χ0v) is 13.3. The summed E-state index contributed by atoms with van der Waals surface area (Å²) in [4.78, 5) is 8.95. The van der Waals surface area contributed by atoms with Crippen molar-refractivity contribution >= 4 is 11.6 Å². The highest BCUT2D eigenvalue weighted by Crippen LogP contribution is 2.20. The minimum atomic E-state index is 0.467. The Kier molecular flexibility index (Phi) is 6.73. The van der Waals surface area contributed by atoms with Crippen LogP contribution >= 0.6 is 0 Å². The second-order valence-corrected chi connectivity index (χ2v) is 5.50. The van der Waals surface area contributed by atoms with Crippen molar-refractivity contribution in [3.8, 4) is 0 Å². The molecular weight excluding hydrogens is 264 g/mol. The van der Waals surface area contributed by atoms with E-state index in [2.05, 4.69) is 34.4 Å². The van der Waals surface area contributed by atoms with E-state index in [1.165, 1.54) is 32.1 Å². The summed E-state index contributed by atoms with van der Waals surface area (Å²) in [7, 11) is 0. The maximum absolute atomic E-state index is 5.92. The summed E-state index contributed by atoms with van der Waals surface area (Å²) in [5.41, 5.74) is 0. The van der Waals surface area contributed by atoms with Crippen LogP contribution in [0.15, 0.2) is 6.07 Å². The summed E-state index contributed by atoms with van der Waals surface area (Å²) < 4.78 is 5.92. The highest BCUT2D eigenvalue weighted by atomic mass is 16.5. The predicted octanol–water partition coefficient (Wildman–Crippen LogP) is 3.23. The first-order chi connectivity index (χ1) is 10.3. The lowest BCUT2D eigenvalue weighted by molar-refractivity contribution is 0.0347. The van der Waals surface area contributed by atoms with E-state index in [1.54, 1.807) is 0 Å². The molecule has 0 atom stereocenters. The van der Waals surface area contributed by atoms with Crippen LogP contribution in [0.3, 0.4) is 0 Å². The summed E-state index contributed by atoms with van der Waals surface area (Å²) in [6.07, 6.45) is 7.75. The fourth-order valence-electron chi connectivity index (χ4n) is 2.65. The minimum Gasteiger partial charge on any atom is -0.376 e. The zero-order valence-electron chi connectivity index (χ0n) is 13.3. The first kappa shape index (κ1) is 16.0. The van der Waals surface area contributed by atoms with Gasteiger partial charge in [-0.3, -0.25) is 0 Å². The van der Waals surface area contributed by atoms with Gasteiger partial charge in [0.2, 0.25) is 0 Å². The molecular formula is C16H28N4O. The van der Waals surface area contributed by atoms with E-state index < -0.39 is 0 Å². The highest BCUT2D eigenvalue weighted by molar-refractivity contribution is 5.47. The van der Waals surface area contributed by atoms with Gasteiger partial charge in [0.1, 0.15) is 17.5 Å². The van der Waals surface area contributed by atoms with E-state index in [0.29, 0.717) is 6.10 Å². The van der Waals surface area contributed by atoms with Crippen LogP contribution in [-0.4, -0.2) is 35.8 Å². The van der Waals surface area contributed by atoms with Gasteiger partial charge >= 0.3 is 0 Å². The first-order valence-electron chi connectivity index (χ1n) is 8.29. The third kappa shape index (κ3) is 5.50. The molecule has 1 heterocycles. The second kappa shape index (κ2) is 8.82. The Morgan fingerprint density at radius 3 is 2.48 bits per heavy atom. The lowest BCUT2D eigenvalue weighted by atomic mass is 9.98. The second-order valence-electron chi connectivity index (χ2n) is 5.50. The molecule has 0 aliphatic heterocycles. The molecule has 21 heavy (non-hydrogen) atoms. The number of aromatic nitrogens is 2. The van der Waals surface area contributed by atoms with Crippen LogP contribution in [0, 0.1) is 0 Å². The van der Waals surface area contributed by atoms with Crippen molar-refractivity contribution < 1.29 is 4.74 Å². The molecule has 1 aliphatic rings. The number of hydrogen-bond acceptors (Lipinski definition) is 5. The van der Waals surface area contributed by atoms with E-state index in [4.69, 9.17) is 4.74 Å². The molecule has 1 aromatic rings. The van der Waals surface area contributed by atoms with Gasteiger partial charge in [0.25, 0.3) is 0 Å². The van der Waals surface area contributed by atoms with Gasteiger partial charge in [-0.05, 0) is 19.8 Å². The van der Waals surface area contributed by atoms with Crippen LogP contribution in [0.25, 0.3) is 0 Å². The standard InChI is InChI=1S/C16H28N4O/c1-3-14-19-15(17-4-2)12-16(20-14)18-10-11-21-13-8-6-5-7-9-13/h12-13H,3-11H2,1-2H3,(H2,17,18,19,20). The third-order valence-electron chi connectivity index (χ3n) is 3.76. The summed E-state index contributed by atoms with van der Waals surface area (Å²) in [6.45, 7) is 6.54. The molecule has 0 unspecified atom stereocenters. The lowest BCUT2D eigenvalue weighted by Gasteiger charge is -2.22. The lowest BCUT2D eigenvalue weighted by Crippen LogP contribution is -2.21. The summed E-state index contributed by atoms with van der Waals surface area (Å²) in [6, 6.07) is 1.96. The number of nitrogens with zero attached hydrogens (tertiary/aromatic N) is 2. The molecule has 1 saturated carbocycles. The van der Waals surface area contributed by atoms with Gasteiger partial charge in [0, 0.05) is 25.6 Å². The summed E-state index contributed by atoms with van der Waals surface area (Å²) >= 11 is 0. The Morgan fingerprint density at radius 2 is 1.81 bits per heavy atom. The summed E-state index contributed by atoms with van der Waals surface area (Å²) in [5, 5.41) is 6.58. The predicted molar refractivity (Wildman–Crippen MR) is 86.9 cm³/mol. The molecule has 2 rings (SSSR count). The van der Waals surface area contributed by atoms with Gasteiger partial charge in [0.05, 0.1) is 12.7 Å². The van der Waals surface area contributed by atoms with Crippen molar-refractivity contribution in [1.29, 1.82) is 0 Å². The van der Waals surface area contributed by atoms with Crippen LogP contribution in [0.4, 0.5) is 11.6 Å². The van der Waals surface area contributed by atoms with Gasteiger partial charge in [0.15, 0.2) is 0 Å². The van der Waals surface area contributed by atoms with Crippen LogP contribution in [0.5, 0.6) is 0 Å². The average molecular weight is 292 g/mol. The van der Waals surface area contributed by atoms with E-state index in [0.717, 1.165) is 43.6 Å². The quantitative estimate of drug-likeness (QED) is 0.720. The Morgan fingerprint density at radius 1 is 1.10 bits per heavy atom. The van der Waals surface area contributed by atoms with Crippen molar-refractivity contribution in [1.82, 2.24) is 9.97 Å². The molecule has 5 nitrogen and oxygen atoms in total. The van der Waals surface area contributed by atoms with Crippen molar-refractivity contribution in [2.24, 2.45) is 0 Å². The number of nitrogens with one attached hydrogen (secondary N) is 2. The van der Waals surface area contributed by atoms with Crippen LogP contribution in [0.2, 0.25) is 0 Å². The smallest absolute Gasteiger partial charge is 0.132 e. The van der Waals surface area contributed by atoms with Gasteiger partial charge in [-0.1, -0.05) is 26.2 Å². The molecule has 1 aromatic heterocycles. The third-order valence-corrected chi connectivity index (χ3v) is 3.76. The maximum atomic E-state index is 5.92. The van der Waals surface area contributed by atoms with Gasteiger partial charge in [-0.25, -0.2) is 9.97 Å². The highest BCUT2D eigenvalue weighted by Gasteiger charge is 2.13. The summed E-state index contributed by atoms with van der Waals surface area (Å²) in [5.74, 6) is 2.63. The molecule has 0 saturated heterocycles. The molecule has 118 valence electrons. The van der Waals surface area contributed by atoms with E-state index in [-0.39, 0.29) is 0 Å². The number of ether oxygens (including phenoxy) is 1. The fourth-order valence-corrected chi connectivity index (χ4v) is 2.65. The molecule has 0 amide bonds. The van der Waals surface area contributed by atoms with Crippen LogP contribution in [0.1, 0.15) is 51.8 Å². The SMILES string of the molecule is CCNc1cc(NCCOC2CCCCC2)nc(CC)n1. The first-order valence-corrected chi connectivity index (χ1v) is 8.29. The van der Waals surface area contributed by atoms with E-state index in [1.807, 2.05) is 6.07 Å². The maximum Gasteiger partial charge on any atom is 0.132 e. The van der Waals surface area contributed by atoms with Gasteiger partial charge < -0.3 is 15.4 Å². The minimum absolute atomic E-state index is 0.467. The van der Waals surface area contributed by atoms with Gasteiger partial charge in [-0.2, -0.15) is 0 Å². The number of hydrogen-bond donors (Lipinski definition) is 2. The number of aryl methyl sites for hydroxylation is 1.